The Balaban J connectivity index is 1.95. The number of amides is 3. The van der Waals surface area contributed by atoms with Gasteiger partial charge in [0.15, 0.2) is 0 Å². The van der Waals surface area contributed by atoms with Crippen molar-refractivity contribution in [2.24, 2.45) is 11.5 Å². The highest BCUT2D eigenvalue weighted by atomic mass is 19.1. The standard InChI is InChI=1S/C33H41FN4O5/c1-4-7-24-26(31(35)40)17-27(25(8-5-2)30(24)32(36)41)33(42)38-28(16-20-11-13-22(34)14-12-20)29(39)19-37-18-21-9-6-10-23(15-21)43-3/h6,9-15,17,28-29,37,39H,4-5,7-8,16,18-19H2,1-3H3,(H2,35,40)(H2,36,41)(H,38,42). The summed E-state index contributed by atoms with van der Waals surface area (Å²) in [5.41, 5.74) is 14.3. The van der Waals surface area contributed by atoms with Crippen molar-refractivity contribution in [3.63, 3.8) is 0 Å². The van der Waals surface area contributed by atoms with Crippen LogP contribution in [-0.4, -0.2) is 48.6 Å². The summed E-state index contributed by atoms with van der Waals surface area (Å²) in [6.07, 6.45) is 1.13. The highest BCUT2D eigenvalue weighted by Crippen LogP contribution is 2.27. The number of carbonyl (C=O) groups excluding carboxylic acids is 3. The molecule has 0 heterocycles. The van der Waals surface area contributed by atoms with Crippen molar-refractivity contribution >= 4 is 17.7 Å². The first-order valence-corrected chi connectivity index (χ1v) is 14.4. The molecule has 9 nitrogen and oxygen atoms in total. The summed E-state index contributed by atoms with van der Waals surface area (Å²) in [4.78, 5) is 39.0. The van der Waals surface area contributed by atoms with Gasteiger partial charge in [-0.3, -0.25) is 14.4 Å². The van der Waals surface area contributed by atoms with Gasteiger partial charge in [-0.05, 0) is 71.8 Å². The zero-order valence-electron chi connectivity index (χ0n) is 24.9. The van der Waals surface area contributed by atoms with E-state index in [1.54, 1.807) is 19.2 Å². The predicted molar refractivity (Wildman–Crippen MR) is 164 cm³/mol. The predicted octanol–water partition coefficient (Wildman–Crippen LogP) is 3.43. The van der Waals surface area contributed by atoms with Crippen LogP contribution in [0.5, 0.6) is 5.75 Å². The second-order valence-corrected chi connectivity index (χ2v) is 10.5. The molecule has 2 unspecified atom stereocenters. The first-order valence-electron chi connectivity index (χ1n) is 14.4. The van der Waals surface area contributed by atoms with Crippen molar-refractivity contribution in [1.29, 1.82) is 0 Å². The molecule has 7 N–H and O–H groups in total. The molecule has 0 saturated heterocycles. The van der Waals surface area contributed by atoms with Crippen LogP contribution in [0.4, 0.5) is 4.39 Å². The topological polar surface area (TPSA) is 157 Å². The number of hydrogen-bond donors (Lipinski definition) is 5. The van der Waals surface area contributed by atoms with E-state index in [-0.39, 0.29) is 29.7 Å². The average Bonchev–Trinajstić information content (AvgIpc) is 2.98. The molecule has 10 heteroatoms. The van der Waals surface area contributed by atoms with Gasteiger partial charge in [-0.2, -0.15) is 0 Å². The van der Waals surface area contributed by atoms with E-state index in [4.69, 9.17) is 16.2 Å². The third-order valence-corrected chi connectivity index (χ3v) is 7.27. The van der Waals surface area contributed by atoms with E-state index in [1.165, 1.54) is 18.2 Å². The normalized spacial score (nSPS) is 12.4. The third-order valence-electron chi connectivity index (χ3n) is 7.27. The number of halogens is 1. The maximum Gasteiger partial charge on any atom is 0.251 e. The summed E-state index contributed by atoms with van der Waals surface area (Å²) in [5, 5.41) is 17.3. The minimum Gasteiger partial charge on any atom is -0.497 e. The van der Waals surface area contributed by atoms with Crippen LogP contribution < -0.4 is 26.8 Å². The quantitative estimate of drug-likeness (QED) is 0.172. The lowest BCUT2D eigenvalue weighted by Crippen LogP contribution is -2.49. The Kier molecular flexibility index (Phi) is 12.2. The SMILES string of the molecule is CCCc1c(C(N)=O)cc(C(=O)NC(Cc2ccc(F)cc2)C(O)CNCc2cccc(OC)c2)c(CCC)c1C(N)=O. The van der Waals surface area contributed by atoms with Gasteiger partial charge in [0.2, 0.25) is 11.8 Å². The zero-order valence-corrected chi connectivity index (χ0v) is 24.9. The summed E-state index contributed by atoms with van der Waals surface area (Å²) in [7, 11) is 1.58. The van der Waals surface area contributed by atoms with Crippen LogP contribution >= 0.6 is 0 Å². The van der Waals surface area contributed by atoms with Crippen molar-refractivity contribution in [3.8, 4) is 5.75 Å². The molecule has 3 aromatic rings. The van der Waals surface area contributed by atoms with Crippen LogP contribution in [0.15, 0.2) is 54.6 Å². The molecule has 3 amide bonds. The lowest BCUT2D eigenvalue weighted by Gasteiger charge is -2.26. The molecule has 0 aliphatic heterocycles. The molecule has 43 heavy (non-hydrogen) atoms. The van der Waals surface area contributed by atoms with Crippen LogP contribution in [0, 0.1) is 5.82 Å². The van der Waals surface area contributed by atoms with E-state index in [2.05, 4.69) is 10.6 Å². The van der Waals surface area contributed by atoms with Gasteiger partial charge in [-0.15, -0.1) is 0 Å². The number of nitrogens with two attached hydrogens (primary N) is 2. The van der Waals surface area contributed by atoms with Crippen LogP contribution in [0.3, 0.4) is 0 Å². The Morgan fingerprint density at radius 3 is 2.14 bits per heavy atom. The van der Waals surface area contributed by atoms with Gasteiger partial charge in [-0.25, -0.2) is 4.39 Å². The minimum atomic E-state index is -1.06. The van der Waals surface area contributed by atoms with Crippen molar-refractivity contribution in [2.45, 2.75) is 64.6 Å². The minimum absolute atomic E-state index is 0.0660. The number of benzene rings is 3. The van der Waals surface area contributed by atoms with Crippen LogP contribution in [0.25, 0.3) is 0 Å². The van der Waals surface area contributed by atoms with Crippen LogP contribution in [0.1, 0.15) is 80.0 Å². The number of aliphatic hydroxyl groups is 1. The molecular weight excluding hydrogens is 551 g/mol. The first kappa shape index (κ1) is 33.2. The molecule has 230 valence electrons. The largest absolute Gasteiger partial charge is 0.497 e. The zero-order chi connectivity index (χ0) is 31.5. The highest BCUT2D eigenvalue weighted by molar-refractivity contribution is 6.07. The summed E-state index contributed by atoms with van der Waals surface area (Å²) in [6, 6.07) is 13.9. The maximum absolute atomic E-state index is 13.9. The molecule has 3 aromatic carbocycles. The van der Waals surface area contributed by atoms with Crippen molar-refractivity contribution < 1.29 is 28.6 Å². The molecule has 0 aliphatic rings. The van der Waals surface area contributed by atoms with Crippen molar-refractivity contribution in [1.82, 2.24) is 10.6 Å². The molecule has 0 aromatic heterocycles. The van der Waals surface area contributed by atoms with Gasteiger partial charge < -0.3 is 31.9 Å². The Bertz CT molecular complexity index is 1430. The van der Waals surface area contributed by atoms with Crippen molar-refractivity contribution in [3.05, 3.63) is 99.4 Å². The summed E-state index contributed by atoms with van der Waals surface area (Å²) in [5.74, 6) is -1.80. The highest BCUT2D eigenvalue weighted by Gasteiger charge is 2.28. The molecular formula is C33H41FN4O5. The second-order valence-electron chi connectivity index (χ2n) is 10.5. The van der Waals surface area contributed by atoms with E-state index < -0.39 is 35.7 Å². The van der Waals surface area contributed by atoms with Crippen LogP contribution in [-0.2, 0) is 25.8 Å². The summed E-state index contributed by atoms with van der Waals surface area (Å²) < 4.78 is 18.9. The molecule has 3 rings (SSSR count). The molecule has 2 atom stereocenters. The third kappa shape index (κ3) is 8.86. The smallest absolute Gasteiger partial charge is 0.251 e. The van der Waals surface area contributed by atoms with E-state index in [9.17, 15) is 23.9 Å². The Morgan fingerprint density at radius 1 is 0.907 bits per heavy atom. The first-order chi connectivity index (χ1) is 20.6. The fourth-order valence-electron chi connectivity index (χ4n) is 5.20. The van der Waals surface area contributed by atoms with Gasteiger partial charge in [0.05, 0.1) is 19.3 Å². The number of primary amides is 2. The second kappa shape index (κ2) is 15.8. The Morgan fingerprint density at radius 2 is 1.56 bits per heavy atom. The Labute approximate surface area is 251 Å². The van der Waals surface area contributed by atoms with Gasteiger partial charge in [0.25, 0.3) is 5.91 Å². The fourth-order valence-corrected chi connectivity index (χ4v) is 5.20. The van der Waals surface area contributed by atoms with Gasteiger partial charge in [-0.1, -0.05) is 51.0 Å². The monoisotopic (exact) mass is 592 g/mol. The van der Waals surface area contributed by atoms with Gasteiger partial charge in [0.1, 0.15) is 11.6 Å². The number of methoxy groups -OCH3 is 1. The van der Waals surface area contributed by atoms with E-state index in [1.807, 2.05) is 38.1 Å². The van der Waals surface area contributed by atoms with Crippen molar-refractivity contribution in [2.75, 3.05) is 13.7 Å². The van der Waals surface area contributed by atoms with Gasteiger partial charge >= 0.3 is 0 Å². The maximum atomic E-state index is 13.9. The number of hydrogen-bond acceptors (Lipinski definition) is 6. The van der Waals surface area contributed by atoms with Crippen LogP contribution in [0.2, 0.25) is 0 Å². The molecule has 0 radical (unpaired) electrons. The fraction of sp³-hybridized carbons (Fsp3) is 0.364. The van der Waals surface area contributed by atoms with E-state index in [0.717, 1.165) is 5.56 Å². The number of aliphatic hydroxyl groups excluding tert-OH is 1. The number of carbonyl (C=O) groups is 3. The summed E-state index contributed by atoms with van der Waals surface area (Å²) in [6.45, 7) is 4.37. The van der Waals surface area contributed by atoms with E-state index in [0.29, 0.717) is 54.7 Å². The number of rotatable bonds is 16. The number of nitrogens with one attached hydrogen (secondary N) is 2. The average molecular weight is 593 g/mol. The molecule has 0 fully saturated rings. The molecule has 0 spiro atoms. The molecule has 0 bridgehead atoms. The number of ether oxygens (including phenoxy) is 1. The molecule has 0 aliphatic carbocycles. The Hall–Kier alpha value is -4.28. The summed E-state index contributed by atoms with van der Waals surface area (Å²) >= 11 is 0. The molecule has 0 saturated carbocycles. The lowest BCUT2D eigenvalue weighted by atomic mass is 9.86. The lowest BCUT2D eigenvalue weighted by molar-refractivity contribution is 0.0829. The van der Waals surface area contributed by atoms with Gasteiger partial charge in [0, 0.05) is 29.8 Å². The van der Waals surface area contributed by atoms with E-state index >= 15 is 0 Å².